The van der Waals surface area contributed by atoms with Crippen LogP contribution < -0.4 is 0 Å². The summed E-state index contributed by atoms with van der Waals surface area (Å²) < 4.78 is 29.0. The molecule has 0 saturated carbocycles. The lowest BCUT2D eigenvalue weighted by molar-refractivity contribution is 0.306. The Hall–Kier alpha value is -0.104. The van der Waals surface area contributed by atoms with Crippen LogP contribution in [-0.2, 0) is 14.3 Å². The van der Waals surface area contributed by atoms with Gasteiger partial charge >= 0.3 is 0 Å². The number of unbranched alkanes of at least 4 members (excludes halogenated alkanes) is 13. The molecule has 0 saturated heterocycles. The van der Waals surface area contributed by atoms with E-state index in [1.807, 2.05) is 0 Å². The summed E-state index contributed by atoms with van der Waals surface area (Å²) in [6, 6.07) is 8.36. The summed E-state index contributed by atoms with van der Waals surface area (Å²) in [4.78, 5) is 0.241. The van der Waals surface area contributed by atoms with Gasteiger partial charge in [0.2, 0.25) is 0 Å². The fraction of sp³-hybridized carbons (Fsp3) is 0.727. The maximum Gasteiger partial charge on any atom is 0.296 e. The maximum atomic E-state index is 11.9. The zero-order valence-electron chi connectivity index (χ0n) is 17.3. The van der Waals surface area contributed by atoms with Crippen molar-refractivity contribution in [2.24, 2.45) is 0 Å². The van der Waals surface area contributed by atoms with Crippen molar-refractivity contribution in [3.05, 3.63) is 30.3 Å². The van der Waals surface area contributed by atoms with E-state index in [2.05, 4.69) is 6.92 Å². The van der Waals surface area contributed by atoms with E-state index < -0.39 is 10.1 Å². The molecule has 0 aliphatic carbocycles. The minimum absolute atomic E-state index is 0. The van der Waals surface area contributed by atoms with Crippen molar-refractivity contribution in [3.8, 4) is 0 Å². The molecule has 0 aromatic heterocycles. The maximum absolute atomic E-state index is 11.9. The first-order valence-corrected chi connectivity index (χ1v) is 12.0. The van der Waals surface area contributed by atoms with Crippen LogP contribution in [0.25, 0.3) is 0 Å². The van der Waals surface area contributed by atoms with Crippen LogP contribution in [0, 0.1) is 0 Å². The molecular weight excluding hydrogens is 369 g/mol. The van der Waals surface area contributed by atoms with Crippen molar-refractivity contribution in [2.75, 3.05) is 6.61 Å². The summed E-state index contributed by atoms with van der Waals surface area (Å²) in [7, 11) is -3.58. The molecule has 0 bridgehead atoms. The highest BCUT2D eigenvalue weighted by Gasteiger charge is 2.13. The van der Waals surface area contributed by atoms with Gasteiger partial charge in [-0.15, -0.1) is 0 Å². The summed E-state index contributed by atoms with van der Waals surface area (Å²) in [5, 5.41) is 0. The average Bonchev–Trinajstić information content (AvgIpc) is 2.65. The lowest BCUT2D eigenvalue weighted by Crippen LogP contribution is -2.07. The van der Waals surface area contributed by atoms with E-state index in [9.17, 15) is 8.42 Å². The summed E-state index contributed by atoms with van der Waals surface area (Å²) in [5.41, 5.74) is 0. The van der Waals surface area contributed by atoms with Crippen molar-refractivity contribution in [1.82, 2.24) is 0 Å². The second kappa shape index (κ2) is 18.0. The highest BCUT2D eigenvalue weighted by Crippen LogP contribution is 2.14. The van der Waals surface area contributed by atoms with E-state index in [1.54, 1.807) is 30.3 Å². The minimum atomic E-state index is -3.58. The molecule has 0 fully saturated rings. The molecule has 3 nitrogen and oxygen atoms in total. The van der Waals surface area contributed by atoms with Crippen LogP contribution in [0.1, 0.15) is 96.8 Å². The molecule has 0 atom stereocenters. The van der Waals surface area contributed by atoms with Crippen molar-refractivity contribution < 1.29 is 12.6 Å². The summed E-state index contributed by atoms with van der Waals surface area (Å²) in [5.74, 6) is 0. The van der Waals surface area contributed by atoms with Crippen LogP contribution in [0.4, 0.5) is 0 Å². The zero-order chi connectivity index (χ0) is 18.9. The van der Waals surface area contributed by atoms with Gasteiger partial charge in [0, 0.05) is 23.1 Å². The van der Waals surface area contributed by atoms with Gasteiger partial charge in [0.25, 0.3) is 10.1 Å². The Morgan fingerprint density at radius 2 is 1.07 bits per heavy atom. The first kappa shape index (κ1) is 26.9. The van der Waals surface area contributed by atoms with E-state index in [4.69, 9.17) is 4.18 Å². The number of hydrogen-bond donors (Lipinski definition) is 0. The van der Waals surface area contributed by atoms with Gasteiger partial charge in [-0.3, -0.25) is 4.18 Å². The lowest BCUT2D eigenvalue weighted by atomic mass is 10.0. The third-order valence-electron chi connectivity index (χ3n) is 4.77. The Labute approximate surface area is 183 Å². The van der Waals surface area contributed by atoms with E-state index in [1.165, 1.54) is 77.0 Å². The molecule has 0 unspecified atom stereocenters. The van der Waals surface area contributed by atoms with Gasteiger partial charge in [0.1, 0.15) is 0 Å². The quantitative estimate of drug-likeness (QED) is 0.168. The van der Waals surface area contributed by atoms with Crippen molar-refractivity contribution in [2.45, 2.75) is 102 Å². The molecule has 0 aliphatic rings. The van der Waals surface area contributed by atoms with Crippen LogP contribution in [0.15, 0.2) is 35.2 Å². The predicted molar refractivity (Wildman–Crippen MR) is 116 cm³/mol. The van der Waals surface area contributed by atoms with Crippen LogP contribution in [0.5, 0.6) is 0 Å². The average molecular weight is 407 g/mol. The van der Waals surface area contributed by atoms with Gasteiger partial charge in [-0.25, -0.2) is 0 Å². The molecule has 152 valence electrons. The normalized spacial score (nSPS) is 11.3. The molecule has 1 aromatic rings. The van der Waals surface area contributed by atoms with Crippen molar-refractivity contribution in [3.63, 3.8) is 0 Å². The fourth-order valence-electron chi connectivity index (χ4n) is 3.12. The zero-order valence-corrected chi connectivity index (χ0v) is 19.6. The molecule has 0 heterocycles. The fourth-order valence-corrected chi connectivity index (χ4v) is 4.08. The van der Waals surface area contributed by atoms with Gasteiger partial charge in [-0.05, 0) is 18.6 Å². The van der Waals surface area contributed by atoms with Gasteiger partial charge in [0.05, 0.1) is 11.5 Å². The van der Waals surface area contributed by atoms with Crippen molar-refractivity contribution >= 4 is 33.2 Å². The molecule has 0 spiro atoms. The van der Waals surface area contributed by atoms with Gasteiger partial charge < -0.3 is 0 Å². The minimum Gasteiger partial charge on any atom is -0.266 e. The third-order valence-corrected chi connectivity index (χ3v) is 6.09. The highest BCUT2D eigenvalue weighted by atomic mass is 32.2. The molecule has 5 heteroatoms. The van der Waals surface area contributed by atoms with Gasteiger partial charge in [-0.1, -0.05) is 109 Å². The molecule has 27 heavy (non-hydrogen) atoms. The molecule has 2 radical (unpaired) electrons. The monoisotopic (exact) mass is 406 g/mol. The largest absolute Gasteiger partial charge is 0.296 e. The van der Waals surface area contributed by atoms with Crippen LogP contribution in [-0.4, -0.2) is 38.1 Å². The SMILES string of the molecule is CCCCCCCCCCCCCCCCOS(=O)(=O)c1ccccc1.[Mg]. The standard InChI is InChI=1S/C22H38O3S.Mg/c1-2-3-4-5-6-7-8-9-10-11-12-13-14-18-21-25-26(23,24)22-19-16-15-17-20-22;/h15-17,19-20H,2-14,18,21H2,1H3;. The first-order chi connectivity index (χ1) is 12.7. The number of hydrogen-bond acceptors (Lipinski definition) is 3. The Bertz CT molecular complexity index is 532. The Balaban J connectivity index is 0.00000676. The van der Waals surface area contributed by atoms with Crippen LogP contribution in [0.3, 0.4) is 0 Å². The smallest absolute Gasteiger partial charge is 0.266 e. The Morgan fingerprint density at radius 1 is 0.667 bits per heavy atom. The molecule has 1 rings (SSSR count). The van der Waals surface area contributed by atoms with Crippen LogP contribution >= 0.6 is 0 Å². The summed E-state index contributed by atoms with van der Waals surface area (Å²) in [6.45, 7) is 2.55. The highest BCUT2D eigenvalue weighted by molar-refractivity contribution is 7.86. The lowest BCUT2D eigenvalue weighted by Gasteiger charge is -2.06. The van der Waals surface area contributed by atoms with E-state index in [0.29, 0.717) is 0 Å². The molecule has 0 N–H and O–H groups in total. The molecule has 0 amide bonds. The molecule has 1 aromatic carbocycles. The second-order valence-electron chi connectivity index (χ2n) is 7.19. The second-order valence-corrected chi connectivity index (χ2v) is 8.80. The van der Waals surface area contributed by atoms with Gasteiger partial charge in [-0.2, -0.15) is 8.42 Å². The van der Waals surface area contributed by atoms with E-state index >= 15 is 0 Å². The first-order valence-electron chi connectivity index (χ1n) is 10.6. The Kier molecular flexibility index (Phi) is 17.9. The number of rotatable bonds is 17. The molecular formula is C22H38MgO3S. The third kappa shape index (κ3) is 14.5. The number of benzene rings is 1. The van der Waals surface area contributed by atoms with Gasteiger partial charge in [0.15, 0.2) is 0 Å². The van der Waals surface area contributed by atoms with E-state index in [-0.39, 0.29) is 34.6 Å². The van der Waals surface area contributed by atoms with E-state index in [0.717, 1.165) is 12.8 Å². The molecule has 0 aliphatic heterocycles. The summed E-state index contributed by atoms with van der Waals surface area (Å²) in [6.07, 6.45) is 18.0. The predicted octanol–water partition coefficient (Wildman–Crippen LogP) is 6.49. The summed E-state index contributed by atoms with van der Waals surface area (Å²) >= 11 is 0. The van der Waals surface area contributed by atoms with Crippen LogP contribution in [0.2, 0.25) is 0 Å². The Morgan fingerprint density at radius 3 is 1.52 bits per heavy atom. The van der Waals surface area contributed by atoms with Crippen molar-refractivity contribution in [1.29, 1.82) is 0 Å². The topological polar surface area (TPSA) is 43.4 Å².